The maximum absolute atomic E-state index is 12.2. The van der Waals surface area contributed by atoms with E-state index in [9.17, 15) is 28.8 Å². The van der Waals surface area contributed by atoms with Crippen LogP contribution in [0.2, 0.25) is 0 Å². The van der Waals surface area contributed by atoms with Crippen LogP contribution >= 0.6 is 0 Å². The number of hydrogen-bond acceptors (Lipinski definition) is 10. The van der Waals surface area contributed by atoms with Crippen LogP contribution in [0.4, 0.5) is 0 Å². The monoisotopic (exact) mass is 897 g/mol. The van der Waals surface area contributed by atoms with Crippen molar-refractivity contribution in [3.8, 4) is 0 Å². The molecule has 0 fully saturated rings. The van der Waals surface area contributed by atoms with E-state index >= 15 is 0 Å². The maximum Gasteiger partial charge on any atom is 1.00 e. The van der Waals surface area contributed by atoms with E-state index in [-0.39, 0.29) is 90.1 Å². The molecule has 0 aromatic rings. The molecule has 0 aromatic carbocycles. The van der Waals surface area contributed by atoms with Crippen LogP contribution in [0.5, 0.6) is 0 Å². The molecule has 0 saturated carbocycles. The Morgan fingerprint density at radius 1 is 0.484 bits per heavy atom. The van der Waals surface area contributed by atoms with E-state index in [4.69, 9.17) is 14.2 Å². The fourth-order valence-corrected chi connectivity index (χ4v) is 6.83. The first-order chi connectivity index (χ1) is 26.7. The summed E-state index contributed by atoms with van der Waals surface area (Å²) in [6.07, 6.45) is 6.40. The van der Waals surface area contributed by atoms with Crippen LogP contribution in [0, 0.1) is 32.5 Å². The van der Waals surface area contributed by atoms with Gasteiger partial charge in [0.25, 0.3) is 0 Å². The fraction of sp³-hybridized carbons (Fsp3) is 0.875. The van der Waals surface area contributed by atoms with E-state index in [1.807, 2.05) is 117 Å². The Kier molecular flexibility index (Phi) is 39.1. The third kappa shape index (κ3) is 32.8. The van der Waals surface area contributed by atoms with Crippen molar-refractivity contribution in [2.45, 2.75) is 203 Å². The second-order valence-corrected chi connectivity index (χ2v) is 20.0. The molecule has 0 aliphatic rings. The zero-order chi connectivity index (χ0) is 47.1. The summed E-state index contributed by atoms with van der Waals surface area (Å²) in [5.74, 6) is 0.192. The minimum Gasteiger partial charge on any atom is -0.870 e. The van der Waals surface area contributed by atoms with Crippen molar-refractivity contribution in [3.63, 3.8) is 0 Å². The smallest absolute Gasteiger partial charge is 0.870 e. The molecule has 13 nitrogen and oxygen atoms in total. The molecule has 364 valence electrons. The molecule has 0 heterocycles. The second-order valence-electron chi connectivity index (χ2n) is 20.0. The van der Waals surface area contributed by atoms with E-state index in [0.29, 0.717) is 58.7 Å². The van der Waals surface area contributed by atoms with E-state index in [0.717, 1.165) is 19.3 Å². The number of carbonyl (C=O) groups excluding carboxylic acids is 6. The fourth-order valence-electron chi connectivity index (χ4n) is 6.83. The molecule has 0 rings (SSSR count). The van der Waals surface area contributed by atoms with Gasteiger partial charge < -0.3 is 40.4 Å². The minimum atomic E-state index is -0.598. The van der Waals surface area contributed by atoms with Crippen molar-refractivity contribution in [2.75, 3.05) is 39.5 Å². The summed E-state index contributed by atoms with van der Waals surface area (Å²) in [6.45, 7) is 41.3. The van der Waals surface area contributed by atoms with Crippen molar-refractivity contribution < 1.29 is 78.0 Å². The molecule has 3 amide bonds. The summed E-state index contributed by atoms with van der Waals surface area (Å²) < 4.78 is 16.3. The molecule has 3 atom stereocenters. The van der Waals surface area contributed by atoms with Crippen LogP contribution in [-0.4, -0.2) is 98.8 Å². The molecular formula is C48H95N3NaO10-. The van der Waals surface area contributed by atoms with Crippen LogP contribution in [0.1, 0.15) is 184 Å². The number of Topliss-reactive ketones (excluding diaryl/α,β-unsaturated/α-hetero) is 2. The first kappa shape index (κ1) is 71.9. The molecular weight excluding hydrogens is 802 g/mol. The first-order valence-electron chi connectivity index (χ1n) is 21.8. The molecule has 0 spiro atoms. The van der Waals surface area contributed by atoms with Gasteiger partial charge in [-0.2, -0.15) is 0 Å². The Balaban J connectivity index is -0.000000185. The first-order valence-corrected chi connectivity index (χ1v) is 21.8. The number of ether oxygens (including phenoxy) is 3. The number of amides is 3. The van der Waals surface area contributed by atoms with Crippen LogP contribution in [-0.2, 0) is 43.0 Å². The largest absolute Gasteiger partial charge is 1.00 e. The van der Waals surface area contributed by atoms with Gasteiger partial charge in [0.2, 0.25) is 17.7 Å². The van der Waals surface area contributed by atoms with E-state index in [1.54, 1.807) is 27.7 Å². The number of carbonyl (C=O) groups is 5. The predicted octanol–water partition coefficient (Wildman–Crippen LogP) is 5.83. The number of nitrogens with one attached hydrogen (secondary N) is 3. The summed E-state index contributed by atoms with van der Waals surface area (Å²) >= 11 is 0. The Hall–Kier alpha value is -1.74. The van der Waals surface area contributed by atoms with E-state index in [2.05, 4.69) is 16.0 Å². The molecule has 62 heavy (non-hydrogen) atoms. The van der Waals surface area contributed by atoms with Gasteiger partial charge in [0.15, 0.2) is 0 Å². The summed E-state index contributed by atoms with van der Waals surface area (Å²) in [7, 11) is 0. The summed E-state index contributed by atoms with van der Waals surface area (Å²) in [4.78, 5) is 70.6. The molecule has 3 unspecified atom stereocenters. The molecule has 4 N–H and O–H groups in total. The van der Waals surface area contributed by atoms with Gasteiger partial charge in [-0.15, -0.1) is 5.41 Å². The Morgan fingerprint density at radius 3 is 0.903 bits per heavy atom. The normalized spacial score (nSPS) is 13.3. The third-order valence-electron chi connectivity index (χ3n) is 10.5. The molecule has 0 radical (unpaired) electrons. The van der Waals surface area contributed by atoms with Crippen molar-refractivity contribution >= 4 is 35.6 Å². The number of rotatable bonds is 27. The van der Waals surface area contributed by atoms with Gasteiger partial charge in [0.1, 0.15) is 11.6 Å². The zero-order valence-corrected chi connectivity index (χ0v) is 44.8. The number of hydrogen-bond donors (Lipinski definition) is 3. The average molecular weight is 897 g/mol. The van der Waals surface area contributed by atoms with Gasteiger partial charge >= 0.3 is 29.6 Å². The molecule has 0 aromatic heterocycles. The van der Waals surface area contributed by atoms with Crippen LogP contribution in [0.3, 0.4) is 0 Å². The minimum absolute atomic E-state index is 0. The topological polar surface area (TPSA) is 196 Å². The Bertz CT molecular complexity index is 1220. The van der Waals surface area contributed by atoms with Gasteiger partial charge in [-0.3, -0.25) is 30.3 Å². The predicted molar refractivity (Wildman–Crippen MR) is 248 cm³/mol. The quantitative estimate of drug-likeness (QED) is 0.0667. The summed E-state index contributed by atoms with van der Waals surface area (Å²) in [6, 6.07) is 0. The van der Waals surface area contributed by atoms with Gasteiger partial charge in [0.05, 0.1) is 18.3 Å². The zero-order valence-electron chi connectivity index (χ0n) is 42.8. The Morgan fingerprint density at radius 2 is 0.710 bits per heavy atom. The SMILES string of the molecule is C.CCOC(C)CCNC(=O)C(C)(C)CC(C)(C)C(C)=O.CCOC(C)CCNC(=O)C(C)(C)CC(C)(C)C(C)=O.CCOC(C)CCNC(=O)C(C)(C)CC(C)(C)[C-]=O.[Na+].[OH-]. The Labute approximate surface area is 402 Å². The molecule has 0 aliphatic carbocycles. The van der Waals surface area contributed by atoms with E-state index < -0.39 is 32.5 Å². The number of ketones is 2. The molecule has 0 saturated heterocycles. The maximum atomic E-state index is 12.2. The van der Waals surface area contributed by atoms with Crippen LogP contribution < -0.4 is 45.5 Å². The van der Waals surface area contributed by atoms with Crippen molar-refractivity contribution in [1.29, 1.82) is 0 Å². The van der Waals surface area contributed by atoms with Crippen molar-refractivity contribution in [3.05, 3.63) is 0 Å². The molecule has 0 aliphatic heterocycles. The second kappa shape index (κ2) is 33.7. The standard InChI is InChI=1S/2C16H31NO3.C15H28NO3.CH4.Na.H2O/c2*1-8-20-12(2)9-10-17-14(19)16(6,7)11-15(4,5)13(3)18;1-7-19-12(2)8-9-16-13(18)15(5,6)10-14(3,4)11-17;;;/h2*12H,8-11H2,1-7H3,(H,17,19);12H,7-10H2,1-6H3,(H,16,18);1H4;;1H2/q;;-1;;+1;/p-1. The summed E-state index contributed by atoms with van der Waals surface area (Å²) in [5, 5.41) is 8.80. The van der Waals surface area contributed by atoms with Gasteiger partial charge in [-0.25, -0.2) is 0 Å². The van der Waals surface area contributed by atoms with Gasteiger partial charge in [0, 0.05) is 66.5 Å². The average Bonchev–Trinajstić information content (AvgIpc) is 3.07. The third-order valence-corrected chi connectivity index (χ3v) is 10.5. The van der Waals surface area contributed by atoms with Crippen LogP contribution in [0.15, 0.2) is 0 Å². The van der Waals surface area contributed by atoms with Crippen molar-refractivity contribution in [1.82, 2.24) is 16.0 Å². The molecule has 0 bridgehead atoms. The molecule has 14 heteroatoms. The van der Waals surface area contributed by atoms with Gasteiger partial charge in [-0.05, 0) is 87.5 Å². The van der Waals surface area contributed by atoms with E-state index in [1.165, 1.54) is 0 Å². The van der Waals surface area contributed by atoms with Crippen LogP contribution in [0.25, 0.3) is 0 Å². The van der Waals surface area contributed by atoms with Crippen molar-refractivity contribution in [2.24, 2.45) is 32.5 Å². The summed E-state index contributed by atoms with van der Waals surface area (Å²) in [5.41, 5.74) is -3.22. The van der Waals surface area contributed by atoms with Gasteiger partial charge in [-0.1, -0.05) is 96.9 Å².